The summed E-state index contributed by atoms with van der Waals surface area (Å²) in [5.41, 5.74) is 0.977. The molecule has 0 aliphatic carbocycles. The Balaban J connectivity index is 1.38. The van der Waals surface area contributed by atoms with E-state index >= 15 is 0 Å². The van der Waals surface area contributed by atoms with Crippen LogP contribution in [0.25, 0.3) is 22.4 Å². The van der Waals surface area contributed by atoms with Gasteiger partial charge in [-0.2, -0.15) is 18.2 Å². The number of hydrogen-bond acceptors (Lipinski definition) is 7. The number of alkyl halides is 3. The maximum Gasteiger partial charge on any atom is 0.416 e. The van der Waals surface area contributed by atoms with Crippen molar-refractivity contribution in [1.82, 2.24) is 20.0 Å². The Hall–Kier alpha value is -3.99. The van der Waals surface area contributed by atoms with Crippen molar-refractivity contribution < 1.29 is 27.2 Å². The van der Waals surface area contributed by atoms with Crippen LogP contribution in [0.1, 0.15) is 36.7 Å². The summed E-state index contributed by atoms with van der Waals surface area (Å²) in [6, 6.07) is 14.7. The minimum atomic E-state index is -4.49. The van der Waals surface area contributed by atoms with Crippen LogP contribution >= 0.6 is 0 Å². The van der Waals surface area contributed by atoms with Gasteiger partial charge in [-0.1, -0.05) is 54.5 Å². The lowest BCUT2D eigenvalue weighted by molar-refractivity contribution is -0.137. The van der Waals surface area contributed by atoms with E-state index in [0.717, 1.165) is 24.1 Å². The van der Waals surface area contributed by atoms with Crippen molar-refractivity contribution in [3.05, 3.63) is 71.5 Å². The minimum absolute atomic E-state index is 0.0152. The van der Waals surface area contributed by atoms with Crippen LogP contribution in [0.5, 0.6) is 0 Å². The molecule has 3 heterocycles. The third-order valence-corrected chi connectivity index (χ3v) is 6.79. The van der Waals surface area contributed by atoms with Gasteiger partial charge >= 0.3 is 6.18 Å². The van der Waals surface area contributed by atoms with Gasteiger partial charge in [-0.15, -0.1) is 0 Å². The predicted octanol–water partition coefficient (Wildman–Crippen LogP) is 5.51. The highest BCUT2D eigenvalue weighted by Crippen LogP contribution is 2.37. The highest BCUT2D eigenvalue weighted by atomic mass is 19.4. The summed E-state index contributed by atoms with van der Waals surface area (Å²) in [5.74, 6) is 1.03. The number of hydrogen-bond donors (Lipinski definition) is 0. The molecule has 0 unspecified atom stereocenters. The first-order valence-corrected chi connectivity index (χ1v) is 13.3. The zero-order valence-corrected chi connectivity index (χ0v) is 22.2. The van der Waals surface area contributed by atoms with Gasteiger partial charge in [-0.25, -0.2) is 4.98 Å². The lowest BCUT2D eigenvalue weighted by Crippen LogP contribution is -2.37. The molecule has 11 heteroatoms. The molecular formula is C29H30F3N5O3. The van der Waals surface area contributed by atoms with E-state index < -0.39 is 11.7 Å². The number of aryl methyl sites for hydroxylation is 1. The quantitative estimate of drug-likeness (QED) is 0.284. The first kappa shape index (κ1) is 27.6. The molecule has 1 saturated heterocycles. The first-order chi connectivity index (χ1) is 19.3. The minimum Gasteiger partial charge on any atom is -0.367 e. The number of amides is 1. The highest BCUT2D eigenvalue weighted by Gasteiger charge is 2.32. The topological polar surface area (TPSA) is 84.6 Å². The van der Waals surface area contributed by atoms with Crippen molar-refractivity contribution in [2.75, 3.05) is 37.7 Å². The van der Waals surface area contributed by atoms with E-state index in [2.05, 4.69) is 10.1 Å². The molecule has 4 aromatic rings. The van der Waals surface area contributed by atoms with Crippen LogP contribution in [0.15, 0.2) is 59.1 Å². The lowest BCUT2D eigenvalue weighted by Gasteiger charge is -2.24. The van der Waals surface area contributed by atoms with Crippen LogP contribution in [-0.2, 0) is 28.7 Å². The Labute approximate surface area is 229 Å². The van der Waals surface area contributed by atoms with Crippen molar-refractivity contribution in [2.45, 2.75) is 39.0 Å². The summed E-state index contributed by atoms with van der Waals surface area (Å²) in [6.45, 7) is 4.44. The molecule has 0 radical (unpaired) electrons. The molecule has 40 heavy (non-hydrogen) atoms. The Morgan fingerprint density at radius 3 is 2.62 bits per heavy atom. The number of nitrogens with zero attached hydrogens (tertiary/aromatic N) is 5. The van der Waals surface area contributed by atoms with E-state index in [1.807, 2.05) is 42.2 Å². The third kappa shape index (κ3) is 6.25. The van der Waals surface area contributed by atoms with Crippen molar-refractivity contribution >= 4 is 22.8 Å². The Bertz CT molecular complexity index is 1460. The number of benzene rings is 2. The second kappa shape index (κ2) is 12.0. The van der Waals surface area contributed by atoms with Gasteiger partial charge in [0.05, 0.1) is 12.2 Å². The number of rotatable bonds is 8. The predicted molar refractivity (Wildman–Crippen MR) is 144 cm³/mol. The zero-order valence-electron chi connectivity index (χ0n) is 22.2. The summed E-state index contributed by atoms with van der Waals surface area (Å²) in [5, 5.41) is 4.58. The molecule has 0 N–H and O–H groups in total. The average molecular weight is 554 g/mol. The summed E-state index contributed by atoms with van der Waals surface area (Å²) in [7, 11) is 0. The van der Waals surface area contributed by atoms with Gasteiger partial charge in [0.2, 0.25) is 5.91 Å². The van der Waals surface area contributed by atoms with Crippen LogP contribution in [-0.4, -0.2) is 58.7 Å². The van der Waals surface area contributed by atoms with Gasteiger partial charge in [0.15, 0.2) is 0 Å². The Kier molecular flexibility index (Phi) is 8.29. The molecule has 2 aromatic heterocycles. The van der Waals surface area contributed by atoms with E-state index in [1.165, 1.54) is 6.07 Å². The number of aromatic nitrogens is 3. The number of anilines is 1. The fourth-order valence-electron chi connectivity index (χ4n) is 4.78. The van der Waals surface area contributed by atoms with Gasteiger partial charge in [0, 0.05) is 38.2 Å². The third-order valence-electron chi connectivity index (χ3n) is 6.79. The van der Waals surface area contributed by atoms with Crippen LogP contribution in [0.2, 0.25) is 0 Å². The van der Waals surface area contributed by atoms with Crippen LogP contribution < -0.4 is 4.90 Å². The van der Waals surface area contributed by atoms with Crippen LogP contribution in [0.3, 0.4) is 0 Å². The molecule has 0 bridgehead atoms. The number of ether oxygens (including phenoxy) is 1. The number of fused-ring (bicyclic) bond motifs is 1. The molecule has 8 nitrogen and oxygen atoms in total. The van der Waals surface area contributed by atoms with E-state index in [-0.39, 0.29) is 29.5 Å². The van der Waals surface area contributed by atoms with E-state index in [4.69, 9.17) is 14.2 Å². The molecule has 210 valence electrons. The molecule has 5 rings (SSSR count). The van der Waals surface area contributed by atoms with E-state index in [9.17, 15) is 18.0 Å². The summed E-state index contributed by atoms with van der Waals surface area (Å²) in [4.78, 5) is 26.0. The molecule has 1 fully saturated rings. The molecule has 1 aliphatic rings. The van der Waals surface area contributed by atoms with Crippen LogP contribution in [0, 0.1) is 0 Å². The molecular weight excluding hydrogens is 523 g/mol. The van der Waals surface area contributed by atoms with E-state index in [0.29, 0.717) is 62.7 Å². The van der Waals surface area contributed by atoms with Gasteiger partial charge in [-0.05, 0) is 30.5 Å². The van der Waals surface area contributed by atoms with Gasteiger partial charge < -0.3 is 19.1 Å². The second-order valence-electron chi connectivity index (χ2n) is 9.70. The first-order valence-electron chi connectivity index (χ1n) is 13.3. The van der Waals surface area contributed by atoms with Crippen molar-refractivity contribution in [3.8, 4) is 11.3 Å². The maximum absolute atomic E-state index is 13.4. The molecule has 2 aromatic carbocycles. The molecule has 1 aliphatic heterocycles. The standard InChI is InChI=1S/C29H30F3N5O3/c1-2-8-23-33-27(25-26(35-40-28(25)34-23)21-11-6-12-22(17-21)29(30,31)32)37-14-7-13-36(15-16-37)24(38)19-39-18-20-9-4-3-5-10-20/h3-6,9-12,17H,2,7-8,13-16,18-19H2,1H3. The van der Waals surface area contributed by atoms with Crippen molar-refractivity contribution in [1.29, 1.82) is 0 Å². The van der Waals surface area contributed by atoms with Gasteiger partial charge in [0.25, 0.3) is 5.71 Å². The van der Waals surface area contributed by atoms with E-state index in [1.54, 1.807) is 11.0 Å². The molecule has 0 saturated carbocycles. The molecule has 0 atom stereocenters. The fraction of sp³-hybridized carbons (Fsp3) is 0.379. The molecule has 0 spiro atoms. The Morgan fingerprint density at radius 1 is 1.02 bits per heavy atom. The van der Waals surface area contributed by atoms with Crippen LogP contribution in [0.4, 0.5) is 19.0 Å². The highest BCUT2D eigenvalue weighted by molar-refractivity contribution is 5.98. The van der Waals surface area contributed by atoms with Crippen molar-refractivity contribution in [2.24, 2.45) is 0 Å². The zero-order chi connectivity index (χ0) is 28.1. The fourth-order valence-corrected chi connectivity index (χ4v) is 4.78. The monoisotopic (exact) mass is 553 g/mol. The summed E-state index contributed by atoms with van der Waals surface area (Å²) < 4.78 is 51.5. The average Bonchev–Trinajstić information content (AvgIpc) is 3.21. The normalized spacial score (nSPS) is 14.5. The number of carbonyl (C=O) groups excluding carboxylic acids is 1. The summed E-state index contributed by atoms with van der Waals surface area (Å²) in [6.07, 6.45) is -2.39. The van der Waals surface area contributed by atoms with Crippen molar-refractivity contribution in [3.63, 3.8) is 0 Å². The van der Waals surface area contributed by atoms with Gasteiger partial charge in [-0.3, -0.25) is 4.79 Å². The SMILES string of the molecule is CCCc1nc(N2CCCN(C(=O)COCc3ccccc3)CC2)c2c(-c3cccc(C(F)(F)F)c3)noc2n1. The Morgan fingerprint density at radius 2 is 1.85 bits per heavy atom. The number of halogens is 3. The molecule has 1 amide bonds. The largest absolute Gasteiger partial charge is 0.416 e. The lowest BCUT2D eigenvalue weighted by atomic mass is 10.1. The van der Waals surface area contributed by atoms with Gasteiger partial charge in [0.1, 0.15) is 29.3 Å². The smallest absolute Gasteiger partial charge is 0.367 e. The maximum atomic E-state index is 13.4. The second-order valence-corrected chi connectivity index (χ2v) is 9.70. The number of carbonyl (C=O) groups is 1. The summed E-state index contributed by atoms with van der Waals surface area (Å²) >= 11 is 0.